The van der Waals surface area contributed by atoms with E-state index < -0.39 is 54.0 Å². The van der Waals surface area contributed by atoms with Crippen molar-refractivity contribution in [2.75, 3.05) is 6.54 Å². The molecule has 0 fully saturated rings. The first kappa shape index (κ1) is 30.0. The van der Waals surface area contributed by atoms with E-state index in [-0.39, 0.29) is 18.8 Å². The molecule has 11 heteroatoms. The number of aliphatic hydroxyl groups is 1. The molecule has 11 nitrogen and oxygen atoms in total. The summed E-state index contributed by atoms with van der Waals surface area (Å²) in [6, 6.07) is 4.39. The molecule has 5 unspecified atom stereocenters. The minimum atomic E-state index is -1.44. The molecule has 0 aromatic heterocycles. The van der Waals surface area contributed by atoms with Gasteiger partial charge in [-0.2, -0.15) is 0 Å². The van der Waals surface area contributed by atoms with Crippen molar-refractivity contribution in [2.45, 2.75) is 76.7 Å². The summed E-state index contributed by atoms with van der Waals surface area (Å²) in [5.41, 5.74) is 12.1. The fraction of sp³-hybridized carbons (Fsp3) is 0.583. The molecule has 196 valence electrons. The molecule has 0 aliphatic heterocycles. The van der Waals surface area contributed by atoms with Gasteiger partial charge in [-0.05, 0) is 44.2 Å². The summed E-state index contributed by atoms with van der Waals surface area (Å²) in [6.45, 7) is 5.24. The molecular weight excluding hydrogens is 454 g/mol. The van der Waals surface area contributed by atoms with Gasteiger partial charge in [-0.1, -0.05) is 44.2 Å². The van der Waals surface area contributed by atoms with Crippen molar-refractivity contribution < 1.29 is 29.4 Å². The van der Waals surface area contributed by atoms with Crippen molar-refractivity contribution in [1.29, 1.82) is 0 Å². The zero-order chi connectivity index (χ0) is 26.5. The SMILES string of the molecule is CC(C)C(N)C(=O)NC(Cc1ccccc1)C(=O)NC(C(=O)NC(CCCCN)C(=O)O)C(C)O. The van der Waals surface area contributed by atoms with Crippen LogP contribution in [0.2, 0.25) is 0 Å². The van der Waals surface area contributed by atoms with Gasteiger partial charge in [-0.15, -0.1) is 0 Å². The number of aliphatic carboxylic acids is 1. The molecule has 3 amide bonds. The molecule has 0 heterocycles. The monoisotopic (exact) mass is 493 g/mol. The van der Waals surface area contributed by atoms with E-state index in [4.69, 9.17) is 11.5 Å². The Bertz CT molecular complexity index is 833. The summed E-state index contributed by atoms with van der Waals surface area (Å²) < 4.78 is 0. The van der Waals surface area contributed by atoms with Crippen molar-refractivity contribution in [3.63, 3.8) is 0 Å². The Balaban J connectivity index is 3.02. The summed E-state index contributed by atoms with van der Waals surface area (Å²) in [4.78, 5) is 50.0. The molecule has 5 atom stereocenters. The van der Waals surface area contributed by atoms with Gasteiger partial charge in [0.2, 0.25) is 17.7 Å². The summed E-state index contributed by atoms with van der Waals surface area (Å²) in [5, 5.41) is 27.0. The zero-order valence-electron chi connectivity index (χ0n) is 20.6. The van der Waals surface area contributed by atoms with E-state index in [0.717, 1.165) is 5.56 Å². The summed E-state index contributed by atoms with van der Waals surface area (Å²) >= 11 is 0. The number of hydrogen-bond acceptors (Lipinski definition) is 7. The summed E-state index contributed by atoms with van der Waals surface area (Å²) in [5.74, 6) is -3.49. The van der Waals surface area contributed by atoms with E-state index in [2.05, 4.69) is 16.0 Å². The lowest BCUT2D eigenvalue weighted by molar-refractivity contribution is -0.143. The average molecular weight is 494 g/mol. The van der Waals surface area contributed by atoms with Crippen LogP contribution in [0.4, 0.5) is 0 Å². The molecule has 9 N–H and O–H groups in total. The molecule has 0 saturated heterocycles. The Kier molecular flexibility index (Phi) is 12.9. The third-order valence-corrected chi connectivity index (χ3v) is 5.56. The number of unbranched alkanes of at least 4 members (excludes halogenated alkanes) is 1. The molecule has 0 aliphatic carbocycles. The normalized spacial score (nSPS) is 15.4. The van der Waals surface area contributed by atoms with Gasteiger partial charge in [0.1, 0.15) is 18.1 Å². The number of amides is 3. The van der Waals surface area contributed by atoms with Crippen LogP contribution >= 0.6 is 0 Å². The fourth-order valence-electron chi connectivity index (χ4n) is 3.30. The third kappa shape index (κ3) is 10.4. The van der Waals surface area contributed by atoms with Crippen LogP contribution in [0.25, 0.3) is 0 Å². The van der Waals surface area contributed by atoms with Crippen LogP contribution in [0.15, 0.2) is 30.3 Å². The molecule has 0 bridgehead atoms. The number of hydrogen-bond donors (Lipinski definition) is 7. The third-order valence-electron chi connectivity index (χ3n) is 5.56. The lowest BCUT2D eigenvalue weighted by Crippen LogP contribution is -2.60. The molecule has 0 saturated carbocycles. The van der Waals surface area contributed by atoms with E-state index >= 15 is 0 Å². The second-order valence-corrected chi connectivity index (χ2v) is 8.93. The molecule has 35 heavy (non-hydrogen) atoms. The molecular formula is C24H39N5O6. The van der Waals surface area contributed by atoms with Crippen LogP contribution in [-0.4, -0.2) is 70.7 Å². The second-order valence-electron chi connectivity index (χ2n) is 8.93. The first-order chi connectivity index (χ1) is 16.5. The van der Waals surface area contributed by atoms with Crippen LogP contribution in [0.5, 0.6) is 0 Å². The maximum atomic E-state index is 13.1. The van der Waals surface area contributed by atoms with E-state index in [0.29, 0.717) is 19.4 Å². The highest BCUT2D eigenvalue weighted by Crippen LogP contribution is 2.08. The second kappa shape index (κ2) is 15.1. The predicted molar refractivity (Wildman–Crippen MR) is 131 cm³/mol. The van der Waals surface area contributed by atoms with Crippen molar-refractivity contribution in [3.8, 4) is 0 Å². The van der Waals surface area contributed by atoms with E-state index in [9.17, 15) is 29.4 Å². The maximum absolute atomic E-state index is 13.1. The first-order valence-corrected chi connectivity index (χ1v) is 11.8. The molecule has 1 rings (SSSR count). The lowest BCUT2D eigenvalue weighted by Gasteiger charge is -2.27. The van der Waals surface area contributed by atoms with Gasteiger partial charge < -0.3 is 37.6 Å². The standard InChI is InChI=1S/C24H39N5O6/c1-14(2)19(26)22(32)28-18(13-16-9-5-4-6-10-16)21(31)29-20(15(3)30)23(33)27-17(24(34)35)11-7-8-12-25/h4-6,9-10,14-15,17-20,30H,7-8,11-13,25-26H2,1-3H3,(H,27,33)(H,28,32)(H,29,31)(H,34,35). The molecule has 0 spiro atoms. The van der Waals surface area contributed by atoms with Crippen LogP contribution in [0.1, 0.15) is 45.6 Å². The van der Waals surface area contributed by atoms with Gasteiger partial charge in [-0.3, -0.25) is 14.4 Å². The van der Waals surface area contributed by atoms with Gasteiger partial charge in [0.15, 0.2) is 0 Å². The number of carboxylic acid groups (broad SMARTS) is 1. The highest BCUT2D eigenvalue weighted by atomic mass is 16.4. The van der Waals surface area contributed by atoms with Crippen molar-refractivity contribution in [3.05, 3.63) is 35.9 Å². The van der Waals surface area contributed by atoms with Crippen LogP contribution < -0.4 is 27.4 Å². The molecule has 0 aliphatic rings. The Morgan fingerprint density at radius 3 is 2.00 bits per heavy atom. The fourth-order valence-corrected chi connectivity index (χ4v) is 3.30. The number of nitrogens with two attached hydrogens (primary N) is 2. The van der Waals surface area contributed by atoms with Crippen LogP contribution in [0.3, 0.4) is 0 Å². The maximum Gasteiger partial charge on any atom is 0.326 e. The van der Waals surface area contributed by atoms with Crippen molar-refractivity contribution in [1.82, 2.24) is 16.0 Å². The summed E-state index contributed by atoms with van der Waals surface area (Å²) in [6.07, 6.45) is 0.0201. The number of rotatable bonds is 15. The van der Waals surface area contributed by atoms with Gasteiger partial charge in [0.25, 0.3) is 0 Å². The number of carbonyl (C=O) groups is 4. The minimum absolute atomic E-state index is 0.119. The number of aliphatic hydroxyl groups excluding tert-OH is 1. The quantitative estimate of drug-likeness (QED) is 0.155. The molecule has 1 aromatic carbocycles. The van der Waals surface area contributed by atoms with Gasteiger partial charge in [0, 0.05) is 6.42 Å². The Hall–Kier alpha value is -3.02. The van der Waals surface area contributed by atoms with Crippen molar-refractivity contribution in [2.24, 2.45) is 17.4 Å². The van der Waals surface area contributed by atoms with Crippen LogP contribution in [-0.2, 0) is 25.6 Å². The predicted octanol–water partition coefficient (Wildman–Crippen LogP) is -0.739. The Morgan fingerprint density at radius 1 is 0.886 bits per heavy atom. The topological polar surface area (TPSA) is 197 Å². The first-order valence-electron chi connectivity index (χ1n) is 11.8. The number of benzene rings is 1. The Morgan fingerprint density at radius 2 is 1.49 bits per heavy atom. The molecule has 1 aromatic rings. The van der Waals surface area contributed by atoms with E-state index in [1.165, 1.54) is 6.92 Å². The lowest BCUT2D eigenvalue weighted by atomic mass is 10.0. The van der Waals surface area contributed by atoms with Crippen LogP contribution in [0, 0.1) is 5.92 Å². The number of carboxylic acids is 1. The minimum Gasteiger partial charge on any atom is -0.480 e. The van der Waals surface area contributed by atoms with E-state index in [1.807, 2.05) is 6.07 Å². The highest BCUT2D eigenvalue weighted by molar-refractivity contribution is 5.94. The van der Waals surface area contributed by atoms with E-state index in [1.54, 1.807) is 38.1 Å². The number of nitrogens with one attached hydrogen (secondary N) is 3. The van der Waals surface area contributed by atoms with Crippen molar-refractivity contribution >= 4 is 23.7 Å². The Labute approximate surface area is 206 Å². The van der Waals surface area contributed by atoms with Gasteiger partial charge in [-0.25, -0.2) is 4.79 Å². The molecule has 0 radical (unpaired) electrons. The largest absolute Gasteiger partial charge is 0.480 e. The number of carbonyl (C=O) groups excluding carboxylic acids is 3. The highest BCUT2D eigenvalue weighted by Gasteiger charge is 2.33. The smallest absolute Gasteiger partial charge is 0.326 e. The average Bonchev–Trinajstić information content (AvgIpc) is 2.80. The van der Waals surface area contributed by atoms with Gasteiger partial charge in [0.05, 0.1) is 12.1 Å². The zero-order valence-corrected chi connectivity index (χ0v) is 20.6. The van der Waals surface area contributed by atoms with Gasteiger partial charge >= 0.3 is 5.97 Å². The summed E-state index contributed by atoms with van der Waals surface area (Å²) in [7, 11) is 0.